The van der Waals surface area contributed by atoms with Gasteiger partial charge >= 0.3 is 0 Å². The van der Waals surface area contributed by atoms with Gasteiger partial charge in [-0.3, -0.25) is 0 Å². The van der Waals surface area contributed by atoms with Crippen LogP contribution >= 0.6 is 11.3 Å². The summed E-state index contributed by atoms with van der Waals surface area (Å²) in [5.41, 5.74) is 2.31. The Morgan fingerprint density at radius 2 is 2.24 bits per heavy atom. The van der Waals surface area contributed by atoms with E-state index in [4.69, 9.17) is 0 Å². The molecule has 0 saturated carbocycles. The van der Waals surface area contributed by atoms with Gasteiger partial charge in [0.15, 0.2) is 5.13 Å². The fourth-order valence-corrected chi connectivity index (χ4v) is 2.22. The Kier molecular flexibility index (Phi) is 3.74. The molecule has 0 saturated heterocycles. The number of aromatic nitrogens is 1. The van der Waals surface area contributed by atoms with E-state index in [0.29, 0.717) is 5.56 Å². The van der Waals surface area contributed by atoms with Crippen molar-refractivity contribution in [1.29, 1.82) is 0 Å². The normalized spacial score (nSPS) is 10.5. The van der Waals surface area contributed by atoms with Crippen LogP contribution in [0.5, 0.6) is 0 Å². The molecule has 0 aliphatic carbocycles. The number of hydrogen-bond donors (Lipinski definition) is 1. The average molecular weight is 250 g/mol. The zero-order valence-corrected chi connectivity index (χ0v) is 10.8. The van der Waals surface area contributed by atoms with Crippen LogP contribution in [0.2, 0.25) is 0 Å². The van der Waals surface area contributed by atoms with Crippen LogP contribution in [-0.4, -0.2) is 11.5 Å². The highest BCUT2D eigenvalue weighted by atomic mass is 32.1. The van der Waals surface area contributed by atoms with Crippen LogP contribution in [0.3, 0.4) is 0 Å². The number of anilines is 1. The van der Waals surface area contributed by atoms with Gasteiger partial charge in [0.05, 0.1) is 5.69 Å². The predicted molar refractivity (Wildman–Crippen MR) is 71.0 cm³/mol. The van der Waals surface area contributed by atoms with Gasteiger partial charge in [-0.15, -0.1) is 11.3 Å². The Bertz CT molecular complexity index is 508. The summed E-state index contributed by atoms with van der Waals surface area (Å²) < 4.78 is 13.4. The molecule has 17 heavy (non-hydrogen) atoms. The van der Waals surface area contributed by atoms with Gasteiger partial charge in [-0.05, 0) is 25.0 Å². The third kappa shape index (κ3) is 2.82. The Hall–Kier alpha value is -1.42. The van der Waals surface area contributed by atoms with E-state index in [2.05, 4.69) is 17.2 Å². The largest absolute Gasteiger partial charge is 0.362 e. The highest BCUT2D eigenvalue weighted by Crippen LogP contribution is 2.26. The summed E-state index contributed by atoms with van der Waals surface area (Å²) in [5.74, 6) is -0.182. The maximum absolute atomic E-state index is 13.4. The third-order valence-corrected chi connectivity index (χ3v) is 3.30. The minimum atomic E-state index is -0.182. The second-order valence-corrected chi connectivity index (χ2v) is 4.79. The first-order chi connectivity index (χ1) is 8.20. The second-order valence-electron chi connectivity index (χ2n) is 3.93. The van der Waals surface area contributed by atoms with E-state index in [-0.39, 0.29) is 5.82 Å². The number of thiazole rings is 1. The molecule has 0 aliphatic heterocycles. The molecule has 0 fully saturated rings. The molecule has 1 heterocycles. The molecule has 0 atom stereocenters. The predicted octanol–water partition coefficient (Wildman–Crippen LogP) is 4.08. The van der Waals surface area contributed by atoms with E-state index < -0.39 is 0 Å². The van der Waals surface area contributed by atoms with Gasteiger partial charge in [0, 0.05) is 17.5 Å². The molecule has 4 heteroatoms. The van der Waals surface area contributed by atoms with Crippen molar-refractivity contribution >= 4 is 16.5 Å². The summed E-state index contributed by atoms with van der Waals surface area (Å²) in [4.78, 5) is 4.43. The molecule has 2 nitrogen and oxygen atoms in total. The van der Waals surface area contributed by atoms with E-state index in [0.717, 1.165) is 29.4 Å². The third-order valence-electron chi connectivity index (χ3n) is 2.50. The molecule has 2 rings (SSSR count). The highest BCUT2D eigenvalue weighted by Gasteiger charge is 2.06. The number of rotatable bonds is 4. The molecule has 1 aromatic heterocycles. The molecular weight excluding hydrogens is 235 g/mol. The minimum absolute atomic E-state index is 0.182. The molecule has 0 radical (unpaired) electrons. The molecule has 90 valence electrons. The summed E-state index contributed by atoms with van der Waals surface area (Å²) in [7, 11) is 0. The van der Waals surface area contributed by atoms with Gasteiger partial charge in [-0.1, -0.05) is 19.1 Å². The lowest BCUT2D eigenvalue weighted by atomic mass is 10.1. The summed E-state index contributed by atoms with van der Waals surface area (Å²) in [6.07, 6.45) is 1.06. The Balaban J connectivity index is 2.21. The van der Waals surface area contributed by atoms with Crippen molar-refractivity contribution in [2.75, 3.05) is 11.9 Å². The smallest absolute Gasteiger partial charge is 0.183 e. The summed E-state index contributed by atoms with van der Waals surface area (Å²) in [6.45, 7) is 4.78. The van der Waals surface area contributed by atoms with Crippen LogP contribution in [0.25, 0.3) is 11.3 Å². The average Bonchev–Trinajstić information content (AvgIpc) is 2.79. The van der Waals surface area contributed by atoms with Crippen LogP contribution < -0.4 is 5.32 Å². The van der Waals surface area contributed by atoms with Crippen molar-refractivity contribution in [3.05, 3.63) is 35.0 Å². The lowest BCUT2D eigenvalue weighted by molar-refractivity contribution is 0.619. The zero-order valence-electron chi connectivity index (χ0n) is 9.96. The maximum Gasteiger partial charge on any atom is 0.183 e. The molecule has 0 unspecified atom stereocenters. The van der Waals surface area contributed by atoms with Crippen molar-refractivity contribution in [3.63, 3.8) is 0 Å². The van der Waals surface area contributed by atoms with Crippen molar-refractivity contribution in [1.82, 2.24) is 4.98 Å². The van der Waals surface area contributed by atoms with E-state index in [9.17, 15) is 4.39 Å². The number of benzene rings is 1. The standard InChI is InChI=1S/C13H15FN2S/c1-3-6-15-13-16-12(8-17-13)10-5-4-9(2)11(14)7-10/h4-5,7-8H,3,6H2,1-2H3,(H,15,16). The number of nitrogens with one attached hydrogen (secondary N) is 1. The summed E-state index contributed by atoms with van der Waals surface area (Å²) in [6, 6.07) is 5.22. The molecular formula is C13H15FN2S. The van der Waals surface area contributed by atoms with Crippen molar-refractivity contribution in [2.24, 2.45) is 0 Å². The topological polar surface area (TPSA) is 24.9 Å². The Labute approximate surface area is 105 Å². The van der Waals surface area contributed by atoms with Crippen LogP contribution in [0.4, 0.5) is 9.52 Å². The fraction of sp³-hybridized carbons (Fsp3) is 0.308. The fourth-order valence-electron chi connectivity index (χ4n) is 1.47. The minimum Gasteiger partial charge on any atom is -0.362 e. The SMILES string of the molecule is CCCNc1nc(-c2ccc(C)c(F)c2)cs1. The Morgan fingerprint density at radius 3 is 2.94 bits per heavy atom. The number of halogens is 1. The summed E-state index contributed by atoms with van der Waals surface area (Å²) >= 11 is 1.55. The molecule has 1 N–H and O–H groups in total. The second kappa shape index (κ2) is 5.27. The van der Waals surface area contributed by atoms with Gasteiger partial charge in [0.1, 0.15) is 5.82 Å². The molecule has 0 spiro atoms. The Morgan fingerprint density at radius 1 is 1.41 bits per heavy atom. The number of nitrogens with zero attached hydrogens (tertiary/aromatic N) is 1. The van der Waals surface area contributed by atoms with Gasteiger partial charge < -0.3 is 5.32 Å². The molecule has 0 aliphatic rings. The quantitative estimate of drug-likeness (QED) is 0.884. The van der Waals surface area contributed by atoms with Crippen LogP contribution in [0.1, 0.15) is 18.9 Å². The first-order valence-corrected chi connectivity index (χ1v) is 6.54. The van der Waals surface area contributed by atoms with E-state index in [1.54, 1.807) is 24.3 Å². The van der Waals surface area contributed by atoms with E-state index in [1.807, 2.05) is 11.4 Å². The number of hydrogen-bond acceptors (Lipinski definition) is 3. The maximum atomic E-state index is 13.4. The lowest BCUT2D eigenvalue weighted by Crippen LogP contribution is -1.98. The number of aryl methyl sites for hydroxylation is 1. The van der Waals surface area contributed by atoms with Crippen LogP contribution in [-0.2, 0) is 0 Å². The monoisotopic (exact) mass is 250 g/mol. The van der Waals surface area contributed by atoms with Crippen molar-refractivity contribution in [3.8, 4) is 11.3 Å². The van der Waals surface area contributed by atoms with Gasteiger partial charge in [-0.25, -0.2) is 9.37 Å². The molecule has 2 aromatic rings. The molecule has 0 bridgehead atoms. The molecule has 1 aromatic carbocycles. The van der Waals surface area contributed by atoms with Gasteiger partial charge in [-0.2, -0.15) is 0 Å². The van der Waals surface area contributed by atoms with Crippen LogP contribution in [0.15, 0.2) is 23.6 Å². The lowest BCUT2D eigenvalue weighted by Gasteiger charge is -2.00. The van der Waals surface area contributed by atoms with E-state index >= 15 is 0 Å². The molecule has 0 amide bonds. The van der Waals surface area contributed by atoms with Crippen molar-refractivity contribution < 1.29 is 4.39 Å². The van der Waals surface area contributed by atoms with Crippen LogP contribution in [0, 0.1) is 12.7 Å². The highest BCUT2D eigenvalue weighted by molar-refractivity contribution is 7.14. The van der Waals surface area contributed by atoms with Gasteiger partial charge in [0.2, 0.25) is 0 Å². The first-order valence-electron chi connectivity index (χ1n) is 5.66. The first kappa shape index (κ1) is 12.0. The van der Waals surface area contributed by atoms with E-state index in [1.165, 1.54) is 6.07 Å². The summed E-state index contributed by atoms with van der Waals surface area (Å²) in [5, 5.41) is 6.06. The van der Waals surface area contributed by atoms with Crippen molar-refractivity contribution in [2.45, 2.75) is 20.3 Å². The zero-order chi connectivity index (χ0) is 12.3. The van der Waals surface area contributed by atoms with Gasteiger partial charge in [0.25, 0.3) is 0 Å².